The summed E-state index contributed by atoms with van der Waals surface area (Å²) in [4.78, 5) is 17.1. The standard InChI is InChI=1S/C15H29N3O12/c16-7-10(23)8(21)5(1-19)29-13(7)18(4(3-28-17)15(26)27)14-12(25)11(24)9(22)6(2-20)30-14/h4-14,19-25H,1-3,16-17H2,(H,26,27)/t4-,5+,6+,7-,8+,9+,10+,11-,12-,13?,14?/m0/s1. The van der Waals surface area contributed by atoms with Gasteiger partial charge in [-0.1, -0.05) is 0 Å². The highest BCUT2D eigenvalue weighted by atomic mass is 16.6. The number of rotatable bonds is 8. The molecule has 15 nitrogen and oxygen atoms in total. The second-order valence-electron chi connectivity index (χ2n) is 7.16. The van der Waals surface area contributed by atoms with Gasteiger partial charge < -0.3 is 60.9 Å². The highest BCUT2D eigenvalue weighted by Gasteiger charge is 2.54. The van der Waals surface area contributed by atoms with Crippen LogP contribution in [0.2, 0.25) is 0 Å². The summed E-state index contributed by atoms with van der Waals surface area (Å²) in [7, 11) is 0. The minimum Gasteiger partial charge on any atom is -0.480 e. The van der Waals surface area contributed by atoms with Gasteiger partial charge in [-0.15, -0.1) is 0 Å². The summed E-state index contributed by atoms with van der Waals surface area (Å²) in [6.45, 7) is -2.26. The second-order valence-corrected chi connectivity index (χ2v) is 7.16. The quantitative estimate of drug-likeness (QED) is 0.156. The Kier molecular flexibility index (Phi) is 8.83. The van der Waals surface area contributed by atoms with Gasteiger partial charge in [0.2, 0.25) is 0 Å². The monoisotopic (exact) mass is 443 g/mol. The lowest BCUT2D eigenvalue weighted by atomic mass is 9.93. The van der Waals surface area contributed by atoms with E-state index in [4.69, 9.17) is 21.1 Å². The van der Waals surface area contributed by atoms with Gasteiger partial charge in [0.25, 0.3) is 0 Å². The molecule has 0 aromatic rings. The van der Waals surface area contributed by atoms with Crippen LogP contribution < -0.4 is 11.6 Å². The van der Waals surface area contributed by atoms with Gasteiger partial charge in [0, 0.05) is 0 Å². The van der Waals surface area contributed by atoms with Gasteiger partial charge in [0.1, 0.15) is 61.2 Å². The molecule has 11 atom stereocenters. The first-order chi connectivity index (χ1) is 14.1. The van der Waals surface area contributed by atoms with Gasteiger partial charge in [-0.25, -0.2) is 10.8 Å². The van der Waals surface area contributed by atoms with Crippen molar-refractivity contribution in [3.05, 3.63) is 0 Å². The Labute approximate surface area is 170 Å². The van der Waals surface area contributed by atoms with Crippen molar-refractivity contribution in [1.82, 2.24) is 4.90 Å². The lowest BCUT2D eigenvalue weighted by Crippen LogP contribution is -2.74. The van der Waals surface area contributed by atoms with Crippen LogP contribution in [0.25, 0.3) is 0 Å². The number of aliphatic hydroxyl groups excluding tert-OH is 7. The van der Waals surface area contributed by atoms with Crippen LogP contribution in [0.4, 0.5) is 0 Å². The van der Waals surface area contributed by atoms with E-state index in [2.05, 4.69) is 4.84 Å². The summed E-state index contributed by atoms with van der Waals surface area (Å²) in [6.07, 6.45) is -14.9. The van der Waals surface area contributed by atoms with Crippen LogP contribution >= 0.6 is 0 Å². The summed E-state index contributed by atoms with van der Waals surface area (Å²) >= 11 is 0. The lowest BCUT2D eigenvalue weighted by Gasteiger charge is -2.52. The van der Waals surface area contributed by atoms with Crippen LogP contribution in [-0.2, 0) is 19.1 Å². The maximum atomic E-state index is 11.9. The first kappa shape index (κ1) is 25.2. The summed E-state index contributed by atoms with van der Waals surface area (Å²) < 4.78 is 10.9. The molecule has 15 heteroatoms. The maximum Gasteiger partial charge on any atom is 0.323 e. The topological polar surface area (TPSA) is 262 Å². The van der Waals surface area contributed by atoms with Crippen LogP contribution in [0.3, 0.4) is 0 Å². The Bertz CT molecular complexity index is 533. The Morgan fingerprint density at radius 2 is 1.40 bits per heavy atom. The van der Waals surface area contributed by atoms with E-state index in [-0.39, 0.29) is 0 Å². The molecule has 12 N–H and O–H groups in total. The van der Waals surface area contributed by atoms with Crippen LogP contribution in [0.15, 0.2) is 0 Å². The number of carbonyl (C=O) groups is 1. The average Bonchev–Trinajstić information content (AvgIpc) is 2.72. The molecule has 2 fully saturated rings. The van der Waals surface area contributed by atoms with Gasteiger partial charge in [0.05, 0.1) is 25.9 Å². The molecule has 0 saturated carbocycles. The SMILES string of the molecule is NOC[C@@H](C(=O)O)N(C1O[C@H](CO)[C@@H](O)[C@H](O)[C@@H]1N)C1O[C@H](CO)[C@@H](O)[C@H](O)[C@@H]1O. The minimum absolute atomic E-state index is 0.695. The zero-order valence-corrected chi connectivity index (χ0v) is 15.8. The minimum atomic E-state index is -1.92. The molecule has 0 aliphatic carbocycles. The van der Waals surface area contributed by atoms with E-state index in [0.29, 0.717) is 0 Å². The Morgan fingerprint density at radius 1 is 0.900 bits per heavy atom. The molecule has 0 bridgehead atoms. The molecule has 30 heavy (non-hydrogen) atoms. The number of carboxylic acids is 1. The molecule has 2 unspecified atom stereocenters. The van der Waals surface area contributed by atoms with Gasteiger partial charge in [-0.05, 0) is 0 Å². The molecule has 2 aliphatic heterocycles. The van der Waals surface area contributed by atoms with E-state index in [0.717, 1.165) is 4.90 Å². The molecule has 176 valence electrons. The fraction of sp³-hybridized carbons (Fsp3) is 0.933. The van der Waals surface area contributed by atoms with E-state index < -0.39 is 93.1 Å². The van der Waals surface area contributed by atoms with Crippen LogP contribution in [0.5, 0.6) is 0 Å². The Balaban J connectivity index is 2.50. The molecule has 0 radical (unpaired) electrons. The summed E-state index contributed by atoms with van der Waals surface area (Å²) in [5.41, 5.74) is 5.92. The molecule has 0 spiro atoms. The molecular formula is C15H29N3O12. The molecule has 2 saturated heterocycles. The van der Waals surface area contributed by atoms with E-state index in [1.807, 2.05) is 0 Å². The van der Waals surface area contributed by atoms with Crippen LogP contribution in [0.1, 0.15) is 0 Å². The molecule has 2 rings (SSSR count). The largest absolute Gasteiger partial charge is 0.480 e. The normalized spacial score (nSPS) is 43.5. The summed E-state index contributed by atoms with van der Waals surface area (Å²) in [6, 6.07) is -3.20. The number of carboxylic acid groups (broad SMARTS) is 1. The number of aliphatic hydroxyl groups is 7. The van der Waals surface area contributed by atoms with Crippen LogP contribution in [0, 0.1) is 0 Å². The third-order valence-electron chi connectivity index (χ3n) is 5.30. The second kappa shape index (κ2) is 10.5. The third kappa shape index (κ3) is 4.73. The van der Waals surface area contributed by atoms with E-state index >= 15 is 0 Å². The number of nitrogens with two attached hydrogens (primary N) is 2. The van der Waals surface area contributed by atoms with Crippen molar-refractivity contribution in [2.45, 2.75) is 67.3 Å². The summed E-state index contributed by atoms with van der Waals surface area (Å²) in [5, 5.41) is 79.3. The highest BCUT2D eigenvalue weighted by Crippen LogP contribution is 2.31. The molecule has 2 aliphatic rings. The number of aliphatic carboxylic acids is 1. The predicted octanol–water partition coefficient (Wildman–Crippen LogP) is -6.80. The van der Waals surface area contributed by atoms with Crippen molar-refractivity contribution in [3.63, 3.8) is 0 Å². The Morgan fingerprint density at radius 3 is 1.87 bits per heavy atom. The van der Waals surface area contributed by atoms with E-state index in [9.17, 15) is 45.6 Å². The van der Waals surface area contributed by atoms with Gasteiger partial charge in [-0.2, -0.15) is 0 Å². The molecule has 0 aromatic heterocycles. The first-order valence-corrected chi connectivity index (χ1v) is 9.11. The van der Waals surface area contributed by atoms with Crippen molar-refractivity contribution in [1.29, 1.82) is 0 Å². The maximum absolute atomic E-state index is 11.9. The predicted molar refractivity (Wildman–Crippen MR) is 92.9 cm³/mol. The fourth-order valence-electron chi connectivity index (χ4n) is 3.59. The van der Waals surface area contributed by atoms with Crippen molar-refractivity contribution in [2.24, 2.45) is 11.6 Å². The van der Waals surface area contributed by atoms with Crippen molar-refractivity contribution in [3.8, 4) is 0 Å². The smallest absolute Gasteiger partial charge is 0.323 e. The van der Waals surface area contributed by atoms with Crippen molar-refractivity contribution >= 4 is 5.97 Å². The first-order valence-electron chi connectivity index (χ1n) is 9.11. The average molecular weight is 443 g/mol. The fourth-order valence-corrected chi connectivity index (χ4v) is 3.59. The third-order valence-corrected chi connectivity index (χ3v) is 5.30. The number of hydrogen-bond donors (Lipinski definition) is 10. The summed E-state index contributed by atoms with van der Waals surface area (Å²) in [5.74, 6) is 3.47. The molecular weight excluding hydrogens is 414 g/mol. The number of hydrogen-bond acceptors (Lipinski definition) is 14. The van der Waals surface area contributed by atoms with Gasteiger partial charge in [-0.3, -0.25) is 4.79 Å². The zero-order valence-electron chi connectivity index (χ0n) is 15.8. The number of nitrogens with zero attached hydrogens (tertiary/aromatic N) is 1. The van der Waals surface area contributed by atoms with E-state index in [1.165, 1.54) is 0 Å². The molecule has 2 heterocycles. The van der Waals surface area contributed by atoms with Gasteiger partial charge >= 0.3 is 5.97 Å². The molecule has 0 amide bonds. The zero-order chi connectivity index (χ0) is 22.7. The van der Waals surface area contributed by atoms with Gasteiger partial charge in [0.15, 0.2) is 0 Å². The number of ether oxygens (including phenoxy) is 2. The van der Waals surface area contributed by atoms with Crippen molar-refractivity contribution < 1.29 is 60.0 Å². The Hall–Kier alpha value is -1.05. The van der Waals surface area contributed by atoms with E-state index in [1.54, 1.807) is 0 Å². The highest BCUT2D eigenvalue weighted by molar-refractivity contribution is 5.73. The van der Waals surface area contributed by atoms with Crippen LogP contribution in [-0.4, -0.2) is 139 Å². The van der Waals surface area contributed by atoms with Crippen molar-refractivity contribution in [2.75, 3.05) is 19.8 Å². The lowest BCUT2D eigenvalue weighted by molar-refractivity contribution is -0.315. The molecule has 0 aromatic carbocycles.